The Morgan fingerprint density at radius 2 is 2.29 bits per heavy atom. The minimum Gasteiger partial charge on any atom is -0.374 e. The molecule has 0 aromatic heterocycles. The van der Waals surface area contributed by atoms with Crippen LogP contribution in [0.5, 0.6) is 0 Å². The minimum atomic E-state index is -0.0347. The molecule has 24 heavy (non-hydrogen) atoms. The number of benzene rings is 1. The molecule has 0 aliphatic carbocycles. The molecule has 0 unspecified atom stereocenters. The Balaban J connectivity index is 1.36. The van der Waals surface area contributed by atoms with E-state index < -0.39 is 0 Å². The van der Waals surface area contributed by atoms with Gasteiger partial charge in [-0.3, -0.25) is 0 Å². The van der Waals surface area contributed by atoms with Crippen molar-refractivity contribution in [3.05, 3.63) is 35.4 Å². The lowest BCUT2D eigenvalue weighted by molar-refractivity contribution is -0.0684. The van der Waals surface area contributed by atoms with Gasteiger partial charge in [-0.1, -0.05) is 24.3 Å². The molecule has 2 saturated heterocycles. The number of rotatable bonds is 5. The summed E-state index contributed by atoms with van der Waals surface area (Å²) in [7, 11) is 0. The molecular formula is C19H28N2O2S. The summed E-state index contributed by atoms with van der Waals surface area (Å²) in [5.41, 5.74) is 2.71. The summed E-state index contributed by atoms with van der Waals surface area (Å²) in [5, 5.41) is 6.14. The number of amides is 2. The van der Waals surface area contributed by atoms with Crippen LogP contribution in [-0.4, -0.2) is 42.3 Å². The standard InChI is InChI=1S/C19H28N2O2S/c1-15-5-2-3-6-16(15)7-4-10-20-18(22)21-17-8-11-23-19(13-17)9-12-24-14-19/h2-3,5-6,17H,4,7-14H2,1H3,(H2,20,21,22)/t17-,19+/m0/s1. The van der Waals surface area contributed by atoms with Gasteiger partial charge in [-0.2, -0.15) is 11.8 Å². The zero-order chi connectivity index (χ0) is 16.8. The second-order valence-corrected chi connectivity index (χ2v) is 8.06. The van der Waals surface area contributed by atoms with Gasteiger partial charge in [0, 0.05) is 24.9 Å². The van der Waals surface area contributed by atoms with Gasteiger partial charge in [0.25, 0.3) is 0 Å². The number of ether oxygens (including phenoxy) is 1. The second kappa shape index (κ2) is 8.26. The van der Waals surface area contributed by atoms with Crippen LogP contribution < -0.4 is 10.6 Å². The van der Waals surface area contributed by atoms with Gasteiger partial charge in [0.15, 0.2) is 0 Å². The summed E-state index contributed by atoms with van der Waals surface area (Å²) < 4.78 is 6.00. The fourth-order valence-electron chi connectivity index (χ4n) is 3.62. The highest BCUT2D eigenvalue weighted by molar-refractivity contribution is 7.99. The van der Waals surface area contributed by atoms with E-state index in [-0.39, 0.29) is 17.7 Å². The molecule has 1 aromatic rings. The zero-order valence-electron chi connectivity index (χ0n) is 14.5. The van der Waals surface area contributed by atoms with Crippen LogP contribution in [0.1, 0.15) is 36.8 Å². The van der Waals surface area contributed by atoms with Crippen molar-refractivity contribution >= 4 is 17.8 Å². The van der Waals surface area contributed by atoms with Gasteiger partial charge in [-0.25, -0.2) is 4.79 Å². The van der Waals surface area contributed by atoms with Crippen LogP contribution in [0.15, 0.2) is 24.3 Å². The highest BCUT2D eigenvalue weighted by atomic mass is 32.2. The molecule has 4 nitrogen and oxygen atoms in total. The maximum atomic E-state index is 12.1. The largest absolute Gasteiger partial charge is 0.374 e. The van der Waals surface area contributed by atoms with Crippen molar-refractivity contribution in [1.82, 2.24) is 10.6 Å². The quantitative estimate of drug-likeness (QED) is 0.803. The van der Waals surface area contributed by atoms with Crippen molar-refractivity contribution in [2.24, 2.45) is 0 Å². The SMILES string of the molecule is Cc1ccccc1CCCNC(=O)N[C@H]1CCO[C@]2(CCSC2)C1. The Morgan fingerprint density at radius 3 is 3.08 bits per heavy atom. The molecule has 2 N–H and O–H groups in total. The lowest BCUT2D eigenvalue weighted by Gasteiger charge is -2.37. The van der Waals surface area contributed by atoms with Gasteiger partial charge in [-0.15, -0.1) is 0 Å². The normalized spacial score (nSPS) is 26.5. The lowest BCUT2D eigenvalue weighted by atomic mass is 9.90. The van der Waals surface area contributed by atoms with E-state index in [1.54, 1.807) is 0 Å². The van der Waals surface area contributed by atoms with Crippen LogP contribution in [0, 0.1) is 6.92 Å². The highest BCUT2D eigenvalue weighted by Crippen LogP contribution is 2.38. The van der Waals surface area contributed by atoms with Crippen LogP contribution in [0.2, 0.25) is 0 Å². The summed E-state index contributed by atoms with van der Waals surface area (Å²) in [5.74, 6) is 2.25. The van der Waals surface area contributed by atoms with Gasteiger partial charge < -0.3 is 15.4 Å². The van der Waals surface area contributed by atoms with Crippen molar-refractivity contribution in [3.8, 4) is 0 Å². The van der Waals surface area contributed by atoms with E-state index in [1.807, 2.05) is 11.8 Å². The molecule has 1 aromatic carbocycles. The Kier molecular flexibility index (Phi) is 6.06. The van der Waals surface area contributed by atoms with Crippen molar-refractivity contribution in [2.75, 3.05) is 24.7 Å². The smallest absolute Gasteiger partial charge is 0.315 e. The second-order valence-electron chi connectivity index (χ2n) is 6.95. The molecule has 5 heteroatoms. The molecular weight excluding hydrogens is 320 g/mol. The van der Waals surface area contributed by atoms with Crippen molar-refractivity contribution < 1.29 is 9.53 Å². The average Bonchev–Trinajstić information content (AvgIpc) is 3.01. The molecule has 3 rings (SSSR count). The van der Waals surface area contributed by atoms with Crippen molar-refractivity contribution in [3.63, 3.8) is 0 Å². The van der Waals surface area contributed by atoms with E-state index in [2.05, 4.69) is 41.8 Å². The summed E-state index contributed by atoms with van der Waals surface area (Å²) in [6.07, 6.45) is 4.96. The summed E-state index contributed by atoms with van der Waals surface area (Å²) >= 11 is 1.96. The predicted octanol–water partition coefficient (Wildman–Crippen LogP) is 3.28. The maximum absolute atomic E-state index is 12.1. The molecule has 0 bridgehead atoms. The Morgan fingerprint density at radius 1 is 1.42 bits per heavy atom. The number of urea groups is 1. The first-order chi connectivity index (χ1) is 11.7. The van der Waals surface area contributed by atoms with Crippen LogP contribution in [0.4, 0.5) is 4.79 Å². The first kappa shape index (κ1) is 17.6. The fourth-order valence-corrected chi connectivity index (χ4v) is 5.00. The first-order valence-corrected chi connectivity index (χ1v) is 10.1. The van der Waals surface area contributed by atoms with Gasteiger partial charge in [0.2, 0.25) is 0 Å². The minimum absolute atomic E-state index is 0.0195. The number of hydrogen-bond acceptors (Lipinski definition) is 3. The molecule has 0 radical (unpaired) electrons. The summed E-state index contributed by atoms with van der Waals surface area (Å²) in [6, 6.07) is 8.65. The maximum Gasteiger partial charge on any atom is 0.315 e. The molecule has 1 spiro atoms. The van der Waals surface area contributed by atoms with Crippen molar-refractivity contribution in [2.45, 2.75) is 50.7 Å². The molecule has 2 amide bonds. The average molecular weight is 349 g/mol. The third kappa shape index (κ3) is 4.67. The number of aryl methyl sites for hydroxylation is 2. The molecule has 2 fully saturated rings. The molecule has 2 aliphatic rings. The third-order valence-electron chi connectivity index (χ3n) is 5.07. The molecule has 0 saturated carbocycles. The molecule has 2 aliphatic heterocycles. The van der Waals surface area contributed by atoms with Crippen LogP contribution in [0.3, 0.4) is 0 Å². The number of nitrogens with one attached hydrogen (secondary N) is 2. The fraction of sp³-hybridized carbons (Fsp3) is 0.632. The van der Waals surface area contributed by atoms with E-state index in [9.17, 15) is 4.79 Å². The Labute approximate surface area is 149 Å². The van der Waals surface area contributed by atoms with Gasteiger partial charge in [0.05, 0.1) is 5.60 Å². The lowest BCUT2D eigenvalue weighted by Crippen LogP contribution is -2.51. The zero-order valence-corrected chi connectivity index (χ0v) is 15.3. The summed E-state index contributed by atoms with van der Waals surface area (Å²) in [6.45, 7) is 3.61. The van der Waals surface area contributed by atoms with E-state index in [0.717, 1.165) is 44.5 Å². The monoisotopic (exact) mass is 348 g/mol. The first-order valence-electron chi connectivity index (χ1n) is 8.97. The van der Waals surface area contributed by atoms with Crippen LogP contribution in [0.25, 0.3) is 0 Å². The highest BCUT2D eigenvalue weighted by Gasteiger charge is 2.40. The third-order valence-corrected chi connectivity index (χ3v) is 6.29. The number of hydrogen-bond donors (Lipinski definition) is 2. The van der Waals surface area contributed by atoms with Crippen LogP contribution >= 0.6 is 11.8 Å². The van der Waals surface area contributed by atoms with E-state index in [4.69, 9.17) is 4.74 Å². The molecule has 132 valence electrons. The Hall–Kier alpha value is -1.20. The molecule has 2 heterocycles. The van der Waals surface area contributed by atoms with Crippen LogP contribution in [-0.2, 0) is 11.2 Å². The van der Waals surface area contributed by atoms with Crippen molar-refractivity contribution in [1.29, 1.82) is 0 Å². The topological polar surface area (TPSA) is 50.4 Å². The predicted molar refractivity (Wildman–Crippen MR) is 99.7 cm³/mol. The number of carbonyl (C=O) groups is 1. The number of thioether (sulfide) groups is 1. The Bertz CT molecular complexity index is 558. The van der Waals surface area contributed by atoms with E-state index in [0.29, 0.717) is 6.54 Å². The van der Waals surface area contributed by atoms with E-state index >= 15 is 0 Å². The summed E-state index contributed by atoms with van der Waals surface area (Å²) in [4.78, 5) is 12.1. The van der Waals surface area contributed by atoms with Gasteiger partial charge in [0.1, 0.15) is 0 Å². The van der Waals surface area contributed by atoms with Gasteiger partial charge in [-0.05, 0) is 55.9 Å². The van der Waals surface area contributed by atoms with E-state index in [1.165, 1.54) is 16.9 Å². The molecule has 2 atom stereocenters. The van der Waals surface area contributed by atoms with Gasteiger partial charge >= 0.3 is 6.03 Å². The number of carbonyl (C=O) groups excluding carboxylic acids is 1.